The van der Waals surface area contributed by atoms with Gasteiger partial charge in [0, 0.05) is 17.1 Å². The first-order chi connectivity index (χ1) is 14.8. The molecule has 0 radical (unpaired) electrons. The van der Waals surface area contributed by atoms with Crippen LogP contribution in [0.25, 0.3) is 11.8 Å². The van der Waals surface area contributed by atoms with E-state index in [0.29, 0.717) is 14.9 Å². The number of hydrogen-bond donors (Lipinski definition) is 0. The van der Waals surface area contributed by atoms with Crippen molar-refractivity contribution in [2.24, 2.45) is 0 Å². The summed E-state index contributed by atoms with van der Waals surface area (Å²) in [5.41, 5.74) is 4.41. The largest absolute Gasteiger partial charge is 0.497 e. The minimum Gasteiger partial charge on any atom is -0.497 e. The standard InChI is InChI=1S/C23H18ClFN2O2S2/c1-13-10-15(14(2)26(13)16-4-7-18(29-3)8-5-16)11-21-22(28)27(23(30)31-21)17-6-9-20(25)19(24)12-17/h4-12H,1-3H3/b21-11-. The highest BCUT2D eigenvalue weighted by molar-refractivity contribution is 8.27. The van der Waals surface area contributed by atoms with Gasteiger partial charge in [-0.2, -0.15) is 0 Å². The molecule has 0 aliphatic carbocycles. The molecule has 0 N–H and O–H groups in total. The van der Waals surface area contributed by atoms with Crippen LogP contribution in [0.2, 0.25) is 5.02 Å². The van der Waals surface area contributed by atoms with E-state index in [9.17, 15) is 9.18 Å². The molecule has 3 aromatic rings. The summed E-state index contributed by atoms with van der Waals surface area (Å²) in [5.74, 6) is -0.0136. The van der Waals surface area contributed by atoms with E-state index in [-0.39, 0.29) is 10.9 Å². The second-order valence-electron chi connectivity index (χ2n) is 6.98. The van der Waals surface area contributed by atoms with E-state index in [1.807, 2.05) is 50.3 Å². The highest BCUT2D eigenvalue weighted by atomic mass is 35.5. The van der Waals surface area contributed by atoms with Crippen molar-refractivity contribution < 1.29 is 13.9 Å². The van der Waals surface area contributed by atoms with Gasteiger partial charge in [-0.1, -0.05) is 35.6 Å². The number of carbonyl (C=O) groups is 1. The van der Waals surface area contributed by atoms with Gasteiger partial charge in [0.2, 0.25) is 0 Å². The number of aromatic nitrogens is 1. The van der Waals surface area contributed by atoms with Gasteiger partial charge >= 0.3 is 0 Å². The number of hydrogen-bond acceptors (Lipinski definition) is 4. The number of anilines is 1. The minimum absolute atomic E-state index is 0.0569. The molecule has 1 amide bonds. The molecule has 1 fully saturated rings. The SMILES string of the molecule is COc1ccc(-n2c(C)cc(/C=C3\SC(=S)N(c4ccc(F)c(Cl)c4)C3=O)c2C)cc1. The Morgan fingerprint density at radius 3 is 2.42 bits per heavy atom. The number of carbonyl (C=O) groups excluding carboxylic acids is 1. The summed E-state index contributed by atoms with van der Waals surface area (Å²) in [4.78, 5) is 14.9. The second-order valence-corrected chi connectivity index (χ2v) is 9.06. The van der Waals surface area contributed by atoms with Crippen molar-refractivity contribution in [3.63, 3.8) is 0 Å². The molecule has 0 saturated carbocycles. The van der Waals surface area contributed by atoms with Crippen LogP contribution in [-0.2, 0) is 4.79 Å². The van der Waals surface area contributed by atoms with Crippen LogP contribution in [0.4, 0.5) is 10.1 Å². The number of amides is 1. The molecule has 1 aromatic heterocycles. The molecule has 1 aliphatic rings. The molecule has 1 saturated heterocycles. The van der Waals surface area contributed by atoms with Crippen LogP contribution < -0.4 is 9.64 Å². The van der Waals surface area contributed by atoms with Gasteiger partial charge in [-0.15, -0.1) is 0 Å². The molecule has 4 rings (SSSR count). The average molecular weight is 473 g/mol. The number of thioether (sulfide) groups is 1. The summed E-state index contributed by atoms with van der Waals surface area (Å²) in [6.07, 6.45) is 1.84. The van der Waals surface area contributed by atoms with Crippen LogP contribution in [0.1, 0.15) is 17.0 Å². The van der Waals surface area contributed by atoms with Crippen LogP contribution in [0, 0.1) is 19.7 Å². The van der Waals surface area contributed by atoms with Crippen LogP contribution in [-0.4, -0.2) is 21.9 Å². The summed E-state index contributed by atoms with van der Waals surface area (Å²) in [7, 11) is 1.63. The van der Waals surface area contributed by atoms with Crippen LogP contribution >= 0.6 is 35.6 Å². The van der Waals surface area contributed by atoms with Gasteiger partial charge in [-0.05, 0) is 74.0 Å². The zero-order valence-electron chi connectivity index (χ0n) is 17.0. The van der Waals surface area contributed by atoms with Gasteiger partial charge in [-0.3, -0.25) is 9.69 Å². The fraction of sp³-hybridized carbons (Fsp3) is 0.130. The Kier molecular flexibility index (Phi) is 5.92. The van der Waals surface area contributed by atoms with Crippen molar-refractivity contribution in [3.8, 4) is 11.4 Å². The van der Waals surface area contributed by atoms with E-state index < -0.39 is 5.82 Å². The molecule has 2 aromatic carbocycles. The number of rotatable bonds is 4. The number of nitrogens with zero attached hydrogens (tertiary/aromatic N) is 2. The number of benzene rings is 2. The molecule has 158 valence electrons. The number of methoxy groups -OCH3 is 1. The molecule has 4 nitrogen and oxygen atoms in total. The summed E-state index contributed by atoms with van der Waals surface area (Å²) >= 11 is 12.5. The third-order valence-electron chi connectivity index (χ3n) is 5.04. The van der Waals surface area contributed by atoms with Crippen LogP contribution in [0.15, 0.2) is 53.4 Å². The smallest absolute Gasteiger partial charge is 0.270 e. The lowest BCUT2D eigenvalue weighted by Crippen LogP contribution is -2.27. The molecule has 0 spiro atoms. The fourth-order valence-electron chi connectivity index (χ4n) is 3.52. The number of thiocarbonyl (C=S) groups is 1. The molecule has 0 atom stereocenters. The predicted molar refractivity (Wildman–Crippen MR) is 129 cm³/mol. The monoisotopic (exact) mass is 472 g/mol. The lowest BCUT2D eigenvalue weighted by atomic mass is 10.2. The molecule has 2 heterocycles. The Hall–Kier alpha value is -2.61. The van der Waals surface area contributed by atoms with Crippen molar-refractivity contribution in [3.05, 3.63) is 81.2 Å². The normalized spacial score (nSPS) is 15.3. The lowest BCUT2D eigenvalue weighted by Gasteiger charge is -2.14. The van der Waals surface area contributed by atoms with E-state index in [1.165, 1.54) is 34.9 Å². The van der Waals surface area contributed by atoms with Crippen LogP contribution in [0.3, 0.4) is 0 Å². The van der Waals surface area contributed by atoms with Gasteiger partial charge in [0.25, 0.3) is 5.91 Å². The first kappa shape index (κ1) is 21.6. The maximum Gasteiger partial charge on any atom is 0.270 e. The number of ether oxygens (including phenoxy) is 1. The van der Waals surface area contributed by atoms with Crippen LogP contribution in [0.5, 0.6) is 5.75 Å². The van der Waals surface area contributed by atoms with Gasteiger partial charge in [0.1, 0.15) is 11.6 Å². The highest BCUT2D eigenvalue weighted by Gasteiger charge is 2.34. The predicted octanol–water partition coefficient (Wildman–Crippen LogP) is 6.30. The Balaban J connectivity index is 1.68. The maximum atomic E-state index is 13.5. The molecule has 0 bridgehead atoms. The highest BCUT2D eigenvalue weighted by Crippen LogP contribution is 2.38. The first-order valence-corrected chi connectivity index (χ1v) is 11.0. The van der Waals surface area contributed by atoms with Gasteiger partial charge in [0.15, 0.2) is 4.32 Å². The zero-order valence-corrected chi connectivity index (χ0v) is 19.4. The van der Waals surface area contributed by atoms with Gasteiger partial charge in [-0.25, -0.2) is 4.39 Å². The Morgan fingerprint density at radius 1 is 1.10 bits per heavy atom. The van der Waals surface area contributed by atoms with E-state index in [0.717, 1.165) is 28.4 Å². The quantitative estimate of drug-likeness (QED) is 0.329. The van der Waals surface area contributed by atoms with Gasteiger partial charge in [0.05, 0.1) is 22.7 Å². The Labute approximate surface area is 194 Å². The van der Waals surface area contributed by atoms with Crippen molar-refractivity contribution in [2.75, 3.05) is 12.0 Å². The summed E-state index contributed by atoms with van der Waals surface area (Å²) < 4.78 is 21.2. The van der Waals surface area contributed by atoms with Crippen molar-refractivity contribution in [2.45, 2.75) is 13.8 Å². The molecule has 0 unspecified atom stereocenters. The summed E-state index contributed by atoms with van der Waals surface area (Å²) in [5, 5.41) is -0.0569. The van der Waals surface area contributed by atoms with Gasteiger partial charge < -0.3 is 9.30 Å². The first-order valence-electron chi connectivity index (χ1n) is 9.36. The Bertz CT molecular complexity index is 1240. The van der Waals surface area contributed by atoms with E-state index >= 15 is 0 Å². The maximum absolute atomic E-state index is 13.5. The minimum atomic E-state index is -0.544. The van der Waals surface area contributed by atoms with Crippen molar-refractivity contribution in [1.82, 2.24) is 4.57 Å². The molecule has 1 aliphatic heterocycles. The number of halogens is 2. The fourth-order valence-corrected chi connectivity index (χ4v) is 4.98. The second kappa shape index (κ2) is 8.49. The third kappa shape index (κ3) is 4.01. The van der Waals surface area contributed by atoms with E-state index in [1.54, 1.807) is 7.11 Å². The lowest BCUT2D eigenvalue weighted by molar-refractivity contribution is -0.113. The topological polar surface area (TPSA) is 34.5 Å². The van der Waals surface area contributed by atoms with E-state index in [2.05, 4.69) is 4.57 Å². The van der Waals surface area contributed by atoms with Crippen molar-refractivity contribution >= 4 is 57.6 Å². The summed E-state index contributed by atoms with van der Waals surface area (Å²) in [6, 6.07) is 13.9. The molecular formula is C23H18ClFN2O2S2. The molecule has 8 heteroatoms. The Morgan fingerprint density at radius 2 is 1.77 bits per heavy atom. The molecule has 31 heavy (non-hydrogen) atoms. The third-order valence-corrected chi connectivity index (χ3v) is 6.63. The summed E-state index contributed by atoms with van der Waals surface area (Å²) in [6.45, 7) is 4.02. The molecular weight excluding hydrogens is 455 g/mol. The van der Waals surface area contributed by atoms with E-state index in [4.69, 9.17) is 28.6 Å². The number of aryl methyl sites for hydroxylation is 1. The van der Waals surface area contributed by atoms with Crippen molar-refractivity contribution in [1.29, 1.82) is 0 Å². The zero-order chi connectivity index (χ0) is 22.3. The average Bonchev–Trinajstić information content (AvgIpc) is 3.18.